The first-order chi connectivity index (χ1) is 10.8. The average Bonchev–Trinajstić information content (AvgIpc) is 3.28. The van der Waals surface area contributed by atoms with Gasteiger partial charge in [0, 0.05) is 18.5 Å². The van der Waals surface area contributed by atoms with Crippen molar-refractivity contribution in [3.63, 3.8) is 0 Å². The van der Waals surface area contributed by atoms with E-state index in [9.17, 15) is 4.79 Å². The van der Waals surface area contributed by atoms with Crippen molar-refractivity contribution in [2.75, 3.05) is 7.11 Å². The molecule has 3 nitrogen and oxygen atoms in total. The molecule has 130 valence electrons. The number of esters is 1. The fourth-order valence-corrected chi connectivity index (χ4v) is 3.20. The molecule has 22 heavy (non-hydrogen) atoms. The van der Waals surface area contributed by atoms with Crippen LogP contribution in [0.5, 0.6) is 0 Å². The van der Waals surface area contributed by atoms with E-state index in [0.717, 1.165) is 24.9 Å². The quantitative estimate of drug-likeness (QED) is 0.263. The number of hydrogen-bond acceptors (Lipinski definition) is 3. The fourth-order valence-electron chi connectivity index (χ4n) is 3.20. The Bertz CT molecular complexity index is 281. The largest absolute Gasteiger partial charge is 0.469 e. The molecular weight excluding hydrogens is 274 g/mol. The van der Waals surface area contributed by atoms with Crippen molar-refractivity contribution in [3.05, 3.63) is 0 Å². The third-order valence-electron chi connectivity index (χ3n) is 4.80. The van der Waals surface area contributed by atoms with E-state index < -0.39 is 0 Å². The second-order valence-electron chi connectivity index (χ2n) is 6.82. The molecule has 1 N–H and O–H groups in total. The lowest BCUT2D eigenvalue weighted by atomic mass is 10.0. The minimum absolute atomic E-state index is 0.0697. The molecule has 2 unspecified atom stereocenters. The van der Waals surface area contributed by atoms with Crippen molar-refractivity contribution < 1.29 is 9.53 Å². The van der Waals surface area contributed by atoms with Crippen LogP contribution in [0.2, 0.25) is 0 Å². The van der Waals surface area contributed by atoms with Gasteiger partial charge in [0.05, 0.1) is 7.11 Å². The second kappa shape index (κ2) is 12.9. The maximum absolute atomic E-state index is 11.0. The number of carbonyl (C=O) groups is 1. The van der Waals surface area contributed by atoms with Crippen LogP contribution in [0.3, 0.4) is 0 Å². The first-order valence-corrected chi connectivity index (χ1v) is 9.60. The monoisotopic (exact) mass is 311 g/mol. The topological polar surface area (TPSA) is 48.2 Å². The van der Waals surface area contributed by atoms with E-state index in [1.54, 1.807) is 0 Å². The van der Waals surface area contributed by atoms with Gasteiger partial charge >= 0.3 is 5.97 Å². The van der Waals surface area contributed by atoms with Crippen LogP contribution in [0, 0.1) is 0 Å². The average molecular weight is 312 g/mol. The van der Waals surface area contributed by atoms with E-state index >= 15 is 0 Å². The molecule has 0 aliphatic carbocycles. The number of carbonyl (C=O) groups excluding carboxylic acids is 1. The summed E-state index contributed by atoms with van der Waals surface area (Å²) in [4.78, 5) is 11.0. The van der Waals surface area contributed by atoms with Crippen molar-refractivity contribution in [1.82, 2.24) is 5.32 Å². The Morgan fingerprint density at radius 2 is 1.32 bits per heavy atom. The zero-order valence-corrected chi connectivity index (χ0v) is 14.9. The first-order valence-electron chi connectivity index (χ1n) is 9.60. The Kier molecular flexibility index (Phi) is 11.4. The smallest absolute Gasteiger partial charge is 0.305 e. The number of ether oxygens (including phenoxy) is 1. The van der Waals surface area contributed by atoms with Crippen LogP contribution in [0.4, 0.5) is 0 Å². The molecule has 0 aromatic carbocycles. The van der Waals surface area contributed by atoms with Crippen molar-refractivity contribution in [2.24, 2.45) is 0 Å². The molecule has 0 aromatic rings. The molecule has 0 spiro atoms. The van der Waals surface area contributed by atoms with Crippen molar-refractivity contribution >= 4 is 5.97 Å². The molecule has 1 aliphatic rings. The SMILES string of the molecule is CCCCCCCCC1NC1CCCCCCCC(=O)OC. The summed E-state index contributed by atoms with van der Waals surface area (Å²) in [6.45, 7) is 2.28. The van der Waals surface area contributed by atoms with Crippen LogP contribution >= 0.6 is 0 Å². The van der Waals surface area contributed by atoms with Gasteiger partial charge in [0.2, 0.25) is 0 Å². The Hall–Kier alpha value is -0.570. The van der Waals surface area contributed by atoms with Crippen molar-refractivity contribution in [3.8, 4) is 0 Å². The van der Waals surface area contributed by atoms with Crippen LogP contribution in [0.15, 0.2) is 0 Å². The summed E-state index contributed by atoms with van der Waals surface area (Å²) in [5, 5.41) is 3.63. The molecule has 0 radical (unpaired) electrons. The van der Waals surface area contributed by atoms with E-state index in [2.05, 4.69) is 17.0 Å². The Morgan fingerprint density at radius 3 is 1.86 bits per heavy atom. The van der Waals surface area contributed by atoms with E-state index in [-0.39, 0.29) is 5.97 Å². The Balaban J connectivity index is 1.77. The van der Waals surface area contributed by atoms with Gasteiger partial charge in [0.1, 0.15) is 0 Å². The molecule has 2 atom stereocenters. The molecule has 0 amide bonds. The summed E-state index contributed by atoms with van der Waals surface area (Å²) < 4.78 is 4.64. The molecule has 3 heteroatoms. The summed E-state index contributed by atoms with van der Waals surface area (Å²) in [5.74, 6) is -0.0697. The first kappa shape index (κ1) is 19.5. The number of unbranched alkanes of at least 4 members (excludes halogenated alkanes) is 9. The summed E-state index contributed by atoms with van der Waals surface area (Å²) >= 11 is 0. The third kappa shape index (κ3) is 10.2. The predicted octanol–water partition coefficient (Wildman–Crippen LogP) is 4.98. The summed E-state index contributed by atoms with van der Waals surface area (Å²) in [7, 11) is 1.46. The van der Waals surface area contributed by atoms with Crippen LogP contribution in [0.1, 0.15) is 96.8 Å². The highest BCUT2D eigenvalue weighted by Crippen LogP contribution is 2.24. The molecule has 1 aliphatic heterocycles. The molecular formula is C19H37NO2. The number of hydrogen-bond donors (Lipinski definition) is 1. The molecule has 1 rings (SSSR count). The maximum Gasteiger partial charge on any atom is 0.305 e. The third-order valence-corrected chi connectivity index (χ3v) is 4.80. The number of methoxy groups -OCH3 is 1. The lowest BCUT2D eigenvalue weighted by Gasteiger charge is -2.02. The molecule has 1 saturated heterocycles. The maximum atomic E-state index is 11.0. The van der Waals surface area contributed by atoms with Gasteiger partial charge in [0.25, 0.3) is 0 Å². The highest BCUT2D eigenvalue weighted by molar-refractivity contribution is 5.68. The standard InChI is InChI=1S/C19H37NO2/c1-3-4-5-6-8-11-14-17-18(20-17)15-12-9-7-10-13-16-19(21)22-2/h17-18,20H,3-16H2,1-2H3. The summed E-state index contributed by atoms with van der Waals surface area (Å²) in [6.07, 6.45) is 17.8. The minimum atomic E-state index is -0.0697. The summed E-state index contributed by atoms with van der Waals surface area (Å²) in [6, 6.07) is 1.64. The minimum Gasteiger partial charge on any atom is -0.469 e. The lowest BCUT2D eigenvalue weighted by molar-refractivity contribution is -0.140. The van der Waals surface area contributed by atoms with Crippen molar-refractivity contribution in [1.29, 1.82) is 0 Å². The molecule has 0 aromatic heterocycles. The fraction of sp³-hybridized carbons (Fsp3) is 0.947. The van der Waals surface area contributed by atoms with Crippen LogP contribution in [0.25, 0.3) is 0 Å². The zero-order valence-electron chi connectivity index (χ0n) is 14.9. The molecule has 1 fully saturated rings. The van der Waals surface area contributed by atoms with Gasteiger partial charge in [-0.1, -0.05) is 71.1 Å². The lowest BCUT2D eigenvalue weighted by Crippen LogP contribution is -1.99. The second-order valence-corrected chi connectivity index (χ2v) is 6.82. The molecule has 0 bridgehead atoms. The Morgan fingerprint density at radius 1 is 0.818 bits per heavy atom. The van der Waals surface area contributed by atoms with Crippen LogP contribution in [-0.4, -0.2) is 25.2 Å². The van der Waals surface area contributed by atoms with Crippen LogP contribution in [-0.2, 0) is 9.53 Å². The zero-order chi connectivity index (χ0) is 16.0. The van der Waals surface area contributed by atoms with Gasteiger partial charge < -0.3 is 10.1 Å². The van der Waals surface area contributed by atoms with Gasteiger partial charge in [-0.15, -0.1) is 0 Å². The van der Waals surface area contributed by atoms with Crippen molar-refractivity contribution in [2.45, 2.75) is 109 Å². The van der Waals surface area contributed by atoms with Gasteiger partial charge in [-0.05, 0) is 19.3 Å². The van der Waals surface area contributed by atoms with E-state index in [1.807, 2.05) is 0 Å². The highest BCUT2D eigenvalue weighted by atomic mass is 16.5. The van der Waals surface area contributed by atoms with Gasteiger partial charge in [-0.25, -0.2) is 0 Å². The van der Waals surface area contributed by atoms with Gasteiger partial charge in [-0.3, -0.25) is 4.79 Å². The van der Waals surface area contributed by atoms with Gasteiger partial charge in [0.15, 0.2) is 0 Å². The molecule has 1 heterocycles. The predicted molar refractivity (Wildman–Crippen MR) is 93.0 cm³/mol. The number of nitrogens with one attached hydrogen (secondary N) is 1. The van der Waals surface area contributed by atoms with E-state index in [1.165, 1.54) is 77.7 Å². The van der Waals surface area contributed by atoms with Gasteiger partial charge in [-0.2, -0.15) is 0 Å². The summed E-state index contributed by atoms with van der Waals surface area (Å²) in [5.41, 5.74) is 0. The highest BCUT2D eigenvalue weighted by Gasteiger charge is 2.33. The Labute approximate surface area is 137 Å². The van der Waals surface area contributed by atoms with E-state index in [4.69, 9.17) is 0 Å². The number of rotatable bonds is 15. The molecule has 0 saturated carbocycles. The van der Waals surface area contributed by atoms with Crippen LogP contribution < -0.4 is 5.32 Å². The normalized spacial score (nSPS) is 20.1. The van der Waals surface area contributed by atoms with E-state index in [0.29, 0.717) is 6.42 Å².